The van der Waals surface area contributed by atoms with Crippen LogP contribution in [0, 0.1) is 0 Å². The van der Waals surface area contributed by atoms with Gasteiger partial charge in [0.2, 0.25) is 5.91 Å². The standard InChI is InChI=1S/C18H16N6O3S/c19-16(26)23-12-8-20-17(21-9-12)27-13-5-3-11(4-6-13)14-10-22-18(28-14)24-7-1-2-15(24)25/h3-6,8-10H,1-2,7H2,(H3,19,23,26). The van der Waals surface area contributed by atoms with E-state index >= 15 is 0 Å². The average Bonchev–Trinajstić information content (AvgIpc) is 3.32. The summed E-state index contributed by atoms with van der Waals surface area (Å²) in [6, 6.07) is 6.87. The van der Waals surface area contributed by atoms with E-state index < -0.39 is 6.03 Å². The molecular weight excluding hydrogens is 380 g/mol. The Morgan fingerprint density at radius 3 is 2.54 bits per heavy atom. The van der Waals surface area contributed by atoms with Crippen molar-refractivity contribution < 1.29 is 14.3 Å². The zero-order chi connectivity index (χ0) is 19.5. The zero-order valence-electron chi connectivity index (χ0n) is 14.7. The molecule has 1 fully saturated rings. The minimum absolute atomic E-state index is 0.127. The third kappa shape index (κ3) is 3.91. The number of urea groups is 1. The Kier molecular flexibility index (Phi) is 4.85. The lowest BCUT2D eigenvalue weighted by Crippen LogP contribution is -2.23. The molecule has 3 N–H and O–H groups in total. The van der Waals surface area contributed by atoms with Crippen molar-refractivity contribution in [1.29, 1.82) is 0 Å². The van der Waals surface area contributed by atoms with Crippen LogP contribution in [-0.2, 0) is 4.79 Å². The van der Waals surface area contributed by atoms with Gasteiger partial charge in [-0.1, -0.05) is 11.3 Å². The number of primary amides is 1. The number of carbonyl (C=O) groups excluding carboxylic acids is 2. The predicted octanol–water partition coefficient (Wildman–Crippen LogP) is 3.01. The third-order valence-corrected chi connectivity index (χ3v) is 5.11. The van der Waals surface area contributed by atoms with Crippen molar-refractivity contribution in [3.63, 3.8) is 0 Å². The van der Waals surface area contributed by atoms with E-state index in [0.29, 0.717) is 17.9 Å². The van der Waals surface area contributed by atoms with E-state index in [2.05, 4.69) is 20.3 Å². The molecule has 1 aliphatic rings. The van der Waals surface area contributed by atoms with Crippen LogP contribution in [0.4, 0.5) is 15.6 Å². The van der Waals surface area contributed by atoms with Crippen LogP contribution >= 0.6 is 11.3 Å². The molecule has 3 amide bonds. The molecule has 4 rings (SSSR count). The molecule has 0 aliphatic carbocycles. The summed E-state index contributed by atoms with van der Waals surface area (Å²) >= 11 is 1.49. The normalized spacial score (nSPS) is 13.6. The molecule has 3 heterocycles. The number of anilines is 2. The smallest absolute Gasteiger partial charge is 0.322 e. The first-order valence-electron chi connectivity index (χ1n) is 8.51. The summed E-state index contributed by atoms with van der Waals surface area (Å²) in [6.45, 7) is 0.728. The molecular formula is C18H16N6O3S. The van der Waals surface area contributed by atoms with Crippen LogP contribution < -0.4 is 20.7 Å². The van der Waals surface area contributed by atoms with Crippen LogP contribution in [0.5, 0.6) is 11.8 Å². The van der Waals surface area contributed by atoms with E-state index in [1.807, 2.05) is 12.1 Å². The number of nitrogens with one attached hydrogen (secondary N) is 1. The number of hydrogen-bond donors (Lipinski definition) is 2. The van der Waals surface area contributed by atoms with Gasteiger partial charge < -0.3 is 15.8 Å². The van der Waals surface area contributed by atoms with Crippen LogP contribution in [0.25, 0.3) is 10.4 Å². The maximum absolute atomic E-state index is 11.8. The van der Waals surface area contributed by atoms with Crippen LogP contribution in [0.15, 0.2) is 42.9 Å². The maximum atomic E-state index is 11.8. The van der Waals surface area contributed by atoms with Gasteiger partial charge in [-0.3, -0.25) is 9.69 Å². The number of nitrogens with two attached hydrogens (primary N) is 1. The quantitative estimate of drug-likeness (QED) is 0.683. The van der Waals surface area contributed by atoms with Crippen LogP contribution in [0.1, 0.15) is 12.8 Å². The van der Waals surface area contributed by atoms with Crippen LogP contribution in [0.3, 0.4) is 0 Å². The van der Waals surface area contributed by atoms with Crippen LogP contribution in [0.2, 0.25) is 0 Å². The Bertz CT molecular complexity index is 1000. The molecule has 0 saturated carbocycles. The van der Waals surface area contributed by atoms with E-state index in [1.54, 1.807) is 23.2 Å². The van der Waals surface area contributed by atoms with Crippen molar-refractivity contribution in [2.45, 2.75) is 12.8 Å². The second-order valence-corrected chi connectivity index (χ2v) is 7.04. The van der Waals surface area contributed by atoms with E-state index in [9.17, 15) is 9.59 Å². The van der Waals surface area contributed by atoms with Crippen molar-refractivity contribution >= 4 is 34.1 Å². The number of hydrogen-bond acceptors (Lipinski definition) is 7. The molecule has 9 nitrogen and oxygen atoms in total. The number of carbonyl (C=O) groups is 2. The van der Waals surface area contributed by atoms with Gasteiger partial charge in [-0.15, -0.1) is 0 Å². The minimum Gasteiger partial charge on any atom is -0.424 e. The number of benzene rings is 1. The lowest BCUT2D eigenvalue weighted by molar-refractivity contribution is -0.117. The van der Waals surface area contributed by atoms with E-state index in [-0.39, 0.29) is 11.9 Å². The molecule has 3 aromatic rings. The molecule has 0 radical (unpaired) electrons. The van der Waals surface area contributed by atoms with Gasteiger partial charge in [-0.2, -0.15) is 0 Å². The minimum atomic E-state index is -0.687. The Balaban J connectivity index is 1.43. The van der Waals surface area contributed by atoms with E-state index in [4.69, 9.17) is 10.5 Å². The number of nitrogens with zero attached hydrogens (tertiary/aromatic N) is 4. The molecule has 0 bridgehead atoms. The number of amides is 3. The highest BCUT2D eigenvalue weighted by Gasteiger charge is 2.24. The first-order chi connectivity index (χ1) is 13.6. The Morgan fingerprint density at radius 2 is 1.89 bits per heavy atom. The number of aromatic nitrogens is 3. The van der Waals surface area contributed by atoms with Gasteiger partial charge in [0, 0.05) is 19.2 Å². The largest absolute Gasteiger partial charge is 0.424 e. The average molecular weight is 396 g/mol. The van der Waals surface area contributed by atoms with Crippen molar-refractivity contribution in [3.05, 3.63) is 42.9 Å². The fourth-order valence-electron chi connectivity index (χ4n) is 2.74. The van der Waals surface area contributed by atoms with Gasteiger partial charge in [0.15, 0.2) is 5.13 Å². The highest BCUT2D eigenvalue weighted by Crippen LogP contribution is 2.34. The topological polar surface area (TPSA) is 123 Å². The highest BCUT2D eigenvalue weighted by atomic mass is 32.1. The summed E-state index contributed by atoms with van der Waals surface area (Å²) in [5, 5.41) is 3.11. The van der Waals surface area contributed by atoms with Crippen molar-refractivity contribution in [1.82, 2.24) is 15.0 Å². The Labute approximate surface area is 164 Å². The van der Waals surface area contributed by atoms with Gasteiger partial charge in [-0.25, -0.2) is 19.7 Å². The fourth-order valence-corrected chi connectivity index (χ4v) is 3.71. The van der Waals surface area contributed by atoms with E-state index in [0.717, 1.165) is 28.5 Å². The number of thiazole rings is 1. The molecule has 142 valence electrons. The second-order valence-electron chi connectivity index (χ2n) is 6.03. The third-order valence-electron chi connectivity index (χ3n) is 4.04. The van der Waals surface area contributed by atoms with Crippen LogP contribution in [-0.4, -0.2) is 33.4 Å². The zero-order valence-corrected chi connectivity index (χ0v) is 15.5. The molecule has 0 atom stereocenters. The van der Waals surface area contributed by atoms with E-state index in [1.165, 1.54) is 23.7 Å². The molecule has 0 unspecified atom stereocenters. The van der Waals surface area contributed by atoms with Crippen molar-refractivity contribution in [3.8, 4) is 22.2 Å². The molecule has 10 heteroatoms. The lowest BCUT2D eigenvalue weighted by Gasteiger charge is -2.10. The monoisotopic (exact) mass is 396 g/mol. The predicted molar refractivity (Wildman–Crippen MR) is 104 cm³/mol. The fraction of sp³-hybridized carbons (Fsp3) is 0.167. The lowest BCUT2D eigenvalue weighted by atomic mass is 10.2. The summed E-state index contributed by atoms with van der Waals surface area (Å²) in [5.74, 6) is 0.695. The summed E-state index contributed by atoms with van der Waals surface area (Å²) in [4.78, 5) is 37.7. The second kappa shape index (κ2) is 7.61. The molecule has 1 aromatic carbocycles. The SMILES string of the molecule is NC(=O)Nc1cnc(Oc2ccc(-c3cnc(N4CCCC4=O)s3)cc2)nc1. The van der Waals surface area contributed by atoms with Crippen molar-refractivity contribution in [2.75, 3.05) is 16.8 Å². The highest BCUT2D eigenvalue weighted by molar-refractivity contribution is 7.19. The maximum Gasteiger partial charge on any atom is 0.322 e. The first kappa shape index (κ1) is 17.9. The number of rotatable bonds is 5. The summed E-state index contributed by atoms with van der Waals surface area (Å²) < 4.78 is 5.60. The molecule has 1 aliphatic heterocycles. The summed E-state index contributed by atoms with van der Waals surface area (Å²) in [6.07, 6.45) is 6.04. The van der Waals surface area contributed by atoms with Gasteiger partial charge in [0.05, 0.1) is 23.0 Å². The van der Waals surface area contributed by atoms with Gasteiger partial charge in [0.25, 0.3) is 0 Å². The molecule has 1 saturated heterocycles. The molecule has 28 heavy (non-hydrogen) atoms. The first-order valence-corrected chi connectivity index (χ1v) is 9.33. The van der Waals surface area contributed by atoms with Gasteiger partial charge >= 0.3 is 12.0 Å². The summed E-state index contributed by atoms with van der Waals surface area (Å²) in [5.41, 5.74) is 6.39. The molecule has 2 aromatic heterocycles. The Hall–Kier alpha value is -3.53. The van der Waals surface area contributed by atoms with Crippen molar-refractivity contribution in [2.24, 2.45) is 5.73 Å². The van der Waals surface area contributed by atoms with Gasteiger partial charge in [0.1, 0.15) is 5.75 Å². The summed E-state index contributed by atoms with van der Waals surface area (Å²) in [7, 11) is 0. The Morgan fingerprint density at radius 1 is 1.14 bits per heavy atom. The van der Waals surface area contributed by atoms with Gasteiger partial charge in [-0.05, 0) is 36.2 Å². The number of ether oxygens (including phenoxy) is 1. The molecule has 0 spiro atoms.